The molecular formula is C25H48NO3S+. The van der Waals surface area contributed by atoms with Crippen molar-refractivity contribution in [2.75, 3.05) is 17.8 Å². The molecule has 0 fully saturated rings. The highest BCUT2D eigenvalue weighted by atomic mass is 32.2. The number of hydrogen-bond acceptors (Lipinski definition) is 2. The van der Waals surface area contributed by atoms with Crippen LogP contribution in [0.1, 0.15) is 110 Å². The molecule has 0 aliphatic carbocycles. The normalized spacial score (nSPS) is 13.4. The highest BCUT2D eigenvalue weighted by Crippen LogP contribution is 2.10. The lowest BCUT2D eigenvalue weighted by Gasteiger charge is -2.14. The molecule has 0 rings (SSSR count). The lowest BCUT2D eigenvalue weighted by atomic mass is 10.1. The van der Waals surface area contributed by atoms with Gasteiger partial charge in [0.25, 0.3) is 0 Å². The van der Waals surface area contributed by atoms with Gasteiger partial charge in [0, 0.05) is 12.8 Å². The number of carbonyl (C=O) groups excluding carboxylic acids is 1. The van der Waals surface area contributed by atoms with Gasteiger partial charge in [-0.05, 0) is 49.9 Å². The number of aliphatic carboxylic acids is 1. The molecule has 5 heteroatoms. The lowest BCUT2D eigenvalue weighted by molar-refractivity contribution is -0.141. The second kappa shape index (κ2) is 21.3. The molecule has 176 valence electrons. The predicted molar refractivity (Wildman–Crippen MR) is 132 cm³/mol. The van der Waals surface area contributed by atoms with Gasteiger partial charge in [-0.2, -0.15) is 0 Å². The fourth-order valence-corrected chi connectivity index (χ4v) is 4.27. The van der Waals surface area contributed by atoms with Gasteiger partial charge in [0.15, 0.2) is 0 Å². The Morgan fingerprint density at radius 3 is 1.93 bits per heavy atom. The van der Waals surface area contributed by atoms with Crippen LogP contribution in [0.3, 0.4) is 0 Å². The Bertz CT molecular complexity index is 454. The Morgan fingerprint density at radius 1 is 0.867 bits per heavy atom. The minimum absolute atomic E-state index is 0.118. The molecule has 0 aromatic heterocycles. The molecule has 0 spiro atoms. The molecule has 0 saturated heterocycles. The van der Waals surface area contributed by atoms with E-state index in [9.17, 15) is 14.7 Å². The van der Waals surface area contributed by atoms with Crippen molar-refractivity contribution < 1.29 is 14.7 Å². The molecule has 1 unspecified atom stereocenters. The average molecular weight is 443 g/mol. The van der Waals surface area contributed by atoms with Gasteiger partial charge in [-0.1, -0.05) is 70.4 Å². The van der Waals surface area contributed by atoms with Gasteiger partial charge in [0.1, 0.15) is 17.5 Å². The number of unbranched alkanes of at least 4 members (excludes halogenated alkanes) is 11. The average Bonchev–Trinajstić information content (AvgIpc) is 2.73. The van der Waals surface area contributed by atoms with E-state index in [2.05, 4.69) is 37.6 Å². The van der Waals surface area contributed by atoms with Gasteiger partial charge >= 0.3 is 5.97 Å². The third kappa shape index (κ3) is 19.0. The van der Waals surface area contributed by atoms with Crippen LogP contribution in [0.15, 0.2) is 12.2 Å². The van der Waals surface area contributed by atoms with E-state index in [0.29, 0.717) is 12.8 Å². The number of rotatable bonds is 21. The van der Waals surface area contributed by atoms with Crippen molar-refractivity contribution in [1.29, 1.82) is 0 Å². The van der Waals surface area contributed by atoms with Crippen LogP contribution >= 0.6 is 0 Å². The van der Waals surface area contributed by atoms with E-state index in [-0.39, 0.29) is 16.8 Å². The first-order valence-corrected chi connectivity index (χ1v) is 14.2. The Hall–Kier alpha value is -0.970. The summed E-state index contributed by atoms with van der Waals surface area (Å²) in [6, 6.07) is -0.734. The molecule has 0 bridgehead atoms. The van der Waals surface area contributed by atoms with Gasteiger partial charge in [-0.25, -0.2) is 4.79 Å². The van der Waals surface area contributed by atoms with Crippen molar-refractivity contribution in [2.24, 2.45) is 0 Å². The van der Waals surface area contributed by atoms with Gasteiger partial charge in [0.2, 0.25) is 5.91 Å². The molecule has 30 heavy (non-hydrogen) atoms. The van der Waals surface area contributed by atoms with Crippen molar-refractivity contribution >= 4 is 22.8 Å². The van der Waals surface area contributed by atoms with Crippen molar-refractivity contribution in [2.45, 2.75) is 116 Å². The van der Waals surface area contributed by atoms with Crippen LogP contribution in [-0.4, -0.2) is 40.8 Å². The minimum atomic E-state index is -0.916. The summed E-state index contributed by atoms with van der Waals surface area (Å²) in [7, 11) is 0.236. The second-order valence-electron chi connectivity index (χ2n) is 8.36. The summed E-state index contributed by atoms with van der Waals surface area (Å²) in [5.41, 5.74) is 0. The van der Waals surface area contributed by atoms with E-state index in [1.165, 1.54) is 57.8 Å². The molecule has 0 aromatic carbocycles. The maximum absolute atomic E-state index is 12.0. The van der Waals surface area contributed by atoms with Gasteiger partial charge < -0.3 is 10.4 Å². The number of carboxylic acids is 1. The van der Waals surface area contributed by atoms with E-state index in [1.54, 1.807) is 0 Å². The second-order valence-corrected chi connectivity index (χ2v) is 10.9. The summed E-state index contributed by atoms with van der Waals surface area (Å²) in [5, 5.41) is 12.0. The maximum Gasteiger partial charge on any atom is 0.326 e. The highest BCUT2D eigenvalue weighted by molar-refractivity contribution is 7.96. The van der Waals surface area contributed by atoms with Crippen LogP contribution in [0.4, 0.5) is 0 Å². The third-order valence-electron chi connectivity index (χ3n) is 5.55. The van der Waals surface area contributed by atoms with Crippen molar-refractivity contribution in [3.05, 3.63) is 12.2 Å². The number of carbonyl (C=O) groups is 2. The fourth-order valence-electron chi connectivity index (χ4n) is 3.34. The SMILES string of the molecule is CCCCCCCC/C=C\CCCCCCCC(=O)N[C@H](CC[S+](C)CC)C(=O)O. The zero-order valence-corrected chi connectivity index (χ0v) is 20.7. The van der Waals surface area contributed by atoms with Crippen LogP contribution in [0.2, 0.25) is 0 Å². The van der Waals surface area contributed by atoms with E-state index in [4.69, 9.17) is 0 Å². The summed E-state index contributed by atoms with van der Waals surface area (Å²) in [5.74, 6) is 0.893. The van der Waals surface area contributed by atoms with Crippen molar-refractivity contribution in [3.8, 4) is 0 Å². The maximum atomic E-state index is 12.0. The molecule has 0 aliphatic rings. The van der Waals surface area contributed by atoms with E-state index in [1.807, 2.05) is 0 Å². The standard InChI is InChI=1S/C25H47NO3S/c1-4-6-7-8-9-10-11-12-13-14-15-16-17-18-19-20-24(27)26-23(25(28)29)21-22-30(3)5-2/h12-13,23H,4-11,14-22H2,1-3H3,(H-,26,27,28,29)/p+1/b13-12-/t23-,30?/m1/s1. The molecule has 1 amide bonds. The van der Waals surface area contributed by atoms with E-state index >= 15 is 0 Å². The smallest absolute Gasteiger partial charge is 0.326 e. The zero-order valence-electron chi connectivity index (χ0n) is 19.9. The monoisotopic (exact) mass is 442 g/mol. The fraction of sp³-hybridized carbons (Fsp3) is 0.840. The van der Waals surface area contributed by atoms with Gasteiger partial charge in [-0.15, -0.1) is 0 Å². The van der Waals surface area contributed by atoms with E-state index < -0.39 is 12.0 Å². The number of allylic oxidation sites excluding steroid dienone is 2. The minimum Gasteiger partial charge on any atom is -0.480 e. The van der Waals surface area contributed by atoms with Crippen molar-refractivity contribution in [1.82, 2.24) is 5.32 Å². The number of nitrogens with one attached hydrogen (secondary N) is 1. The number of carboxylic acid groups (broad SMARTS) is 1. The summed E-state index contributed by atoms with van der Waals surface area (Å²) >= 11 is 0. The van der Waals surface area contributed by atoms with Crippen LogP contribution in [-0.2, 0) is 20.5 Å². The molecule has 4 nitrogen and oxygen atoms in total. The molecule has 0 saturated carbocycles. The molecular weight excluding hydrogens is 394 g/mol. The summed E-state index contributed by atoms with van der Waals surface area (Å²) < 4.78 is 0. The van der Waals surface area contributed by atoms with Crippen LogP contribution in [0.25, 0.3) is 0 Å². The number of amides is 1. The first-order valence-electron chi connectivity index (χ1n) is 12.3. The first-order chi connectivity index (χ1) is 14.5. The molecule has 0 radical (unpaired) electrons. The molecule has 0 aromatic rings. The lowest BCUT2D eigenvalue weighted by Crippen LogP contribution is -2.41. The van der Waals surface area contributed by atoms with Gasteiger partial charge in [0.05, 0.1) is 6.26 Å². The summed E-state index contributed by atoms with van der Waals surface area (Å²) in [6.45, 7) is 4.37. The number of hydrogen-bond donors (Lipinski definition) is 2. The van der Waals surface area contributed by atoms with Crippen LogP contribution in [0, 0.1) is 0 Å². The zero-order chi connectivity index (χ0) is 22.5. The molecule has 0 heterocycles. The third-order valence-corrected chi connectivity index (χ3v) is 7.46. The Balaban J connectivity index is 3.59. The molecule has 2 N–H and O–H groups in total. The summed E-state index contributed by atoms with van der Waals surface area (Å²) in [4.78, 5) is 23.4. The highest BCUT2D eigenvalue weighted by Gasteiger charge is 2.22. The van der Waals surface area contributed by atoms with E-state index in [0.717, 1.165) is 37.2 Å². The largest absolute Gasteiger partial charge is 0.480 e. The molecule has 0 aliphatic heterocycles. The molecule has 2 atom stereocenters. The Morgan fingerprint density at radius 2 is 1.40 bits per heavy atom. The Labute approximate surface area is 189 Å². The topological polar surface area (TPSA) is 66.4 Å². The quantitative estimate of drug-likeness (QED) is 0.125. The summed E-state index contributed by atoms with van der Waals surface area (Å²) in [6.07, 6.45) is 23.8. The predicted octanol–water partition coefficient (Wildman–Crippen LogP) is 6.25. The first kappa shape index (κ1) is 29.0. The van der Waals surface area contributed by atoms with Crippen molar-refractivity contribution in [3.63, 3.8) is 0 Å². The van der Waals surface area contributed by atoms with Gasteiger partial charge in [-0.3, -0.25) is 4.79 Å². The Kier molecular flexibility index (Phi) is 20.6. The van der Waals surface area contributed by atoms with Crippen LogP contribution in [0.5, 0.6) is 0 Å². The van der Waals surface area contributed by atoms with Crippen LogP contribution < -0.4 is 5.32 Å².